The molecule has 0 saturated carbocycles. The number of aliphatic carboxylic acids is 2. The predicted molar refractivity (Wildman–Crippen MR) is 169 cm³/mol. The van der Waals surface area contributed by atoms with E-state index < -0.39 is 72.7 Å². The lowest BCUT2D eigenvalue weighted by atomic mass is 10.0. The number of rotatable bonds is 19. The topological polar surface area (TPSA) is 302 Å². The number of phenols is 1. The highest BCUT2D eigenvalue weighted by molar-refractivity contribution is 5.95. The summed E-state index contributed by atoms with van der Waals surface area (Å²) in [5.74, 6) is -6.56. The number of phenolic OH excluding ortho intramolecular Hbond substituents is 1. The molecule has 0 aliphatic rings. The zero-order valence-electron chi connectivity index (χ0n) is 25.4. The average Bonchev–Trinajstić information content (AvgIpc) is 3.02. The van der Waals surface area contributed by atoms with Crippen LogP contribution in [0.25, 0.3) is 0 Å². The van der Waals surface area contributed by atoms with Gasteiger partial charge in [-0.05, 0) is 36.1 Å². The Bertz CT molecular complexity index is 1420. The van der Waals surface area contributed by atoms with Gasteiger partial charge >= 0.3 is 11.9 Å². The summed E-state index contributed by atoms with van der Waals surface area (Å²) in [5.41, 5.74) is 17.4. The summed E-state index contributed by atoms with van der Waals surface area (Å²) in [5, 5.41) is 37.9. The van der Waals surface area contributed by atoms with Crippen molar-refractivity contribution in [3.63, 3.8) is 0 Å². The van der Waals surface area contributed by atoms with E-state index in [2.05, 4.69) is 26.3 Å². The van der Waals surface area contributed by atoms with Crippen LogP contribution in [0.1, 0.15) is 30.4 Å². The van der Waals surface area contributed by atoms with Crippen molar-refractivity contribution >= 4 is 41.5 Å². The van der Waals surface area contributed by atoms with Gasteiger partial charge in [-0.1, -0.05) is 42.5 Å². The number of nitrogens with one attached hydrogen (secondary N) is 4. The molecule has 2 aromatic carbocycles. The Balaban J connectivity index is 2.38. The number of nitrogens with two attached hydrogens (primary N) is 3. The van der Waals surface area contributed by atoms with Gasteiger partial charge in [0.25, 0.3) is 0 Å². The van der Waals surface area contributed by atoms with Gasteiger partial charge in [0.2, 0.25) is 23.6 Å². The van der Waals surface area contributed by atoms with Crippen LogP contribution in [0, 0.1) is 0 Å². The Hall–Kier alpha value is -5.71. The van der Waals surface area contributed by atoms with Crippen molar-refractivity contribution in [3.05, 3.63) is 65.7 Å². The average molecular weight is 657 g/mol. The fourth-order valence-corrected chi connectivity index (χ4v) is 4.35. The minimum Gasteiger partial charge on any atom is -0.508 e. The van der Waals surface area contributed by atoms with Gasteiger partial charge in [0.1, 0.15) is 29.9 Å². The molecule has 0 aliphatic heterocycles. The SMILES string of the molecule is NCC(=O)NC(Cc1ccccc1)C(=O)NC(Cc1ccc(O)cc1)C(=O)NC(CCCN=C(N)N)C(=O)NC(CC(=O)O)C(=O)O. The van der Waals surface area contributed by atoms with Crippen LogP contribution in [-0.2, 0) is 41.6 Å². The van der Waals surface area contributed by atoms with Crippen LogP contribution in [0.15, 0.2) is 59.6 Å². The van der Waals surface area contributed by atoms with Crippen LogP contribution in [-0.4, -0.2) is 94.1 Å². The molecule has 47 heavy (non-hydrogen) atoms. The van der Waals surface area contributed by atoms with Crippen LogP contribution >= 0.6 is 0 Å². The molecule has 4 atom stereocenters. The fourth-order valence-electron chi connectivity index (χ4n) is 4.35. The smallest absolute Gasteiger partial charge is 0.326 e. The third-order valence-corrected chi connectivity index (χ3v) is 6.70. The van der Waals surface area contributed by atoms with Gasteiger partial charge in [0.15, 0.2) is 5.96 Å². The molecule has 4 unspecified atom stereocenters. The molecule has 254 valence electrons. The summed E-state index contributed by atoms with van der Waals surface area (Å²) in [4.78, 5) is 79.2. The van der Waals surface area contributed by atoms with Crippen molar-refractivity contribution in [1.29, 1.82) is 0 Å². The van der Waals surface area contributed by atoms with Crippen LogP contribution in [0.4, 0.5) is 0 Å². The van der Waals surface area contributed by atoms with Gasteiger partial charge in [-0.15, -0.1) is 0 Å². The van der Waals surface area contributed by atoms with Crippen molar-refractivity contribution in [1.82, 2.24) is 21.3 Å². The van der Waals surface area contributed by atoms with Crippen LogP contribution in [0.3, 0.4) is 0 Å². The molecular formula is C30H40N8O9. The minimum atomic E-state index is -1.80. The van der Waals surface area contributed by atoms with E-state index in [9.17, 15) is 39.0 Å². The second-order valence-electron chi connectivity index (χ2n) is 10.5. The molecule has 4 amide bonds. The van der Waals surface area contributed by atoms with Crippen molar-refractivity contribution in [2.45, 2.75) is 56.3 Å². The van der Waals surface area contributed by atoms with Crippen LogP contribution < -0.4 is 38.5 Å². The summed E-state index contributed by atoms with van der Waals surface area (Å²) in [6, 6.07) is 8.87. The molecule has 0 aliphatic carbocycles. The number of hydrogen-bond donors (Lipinski definition) is 10. The second-order valence-corrected chi connectivity index (χ2v) is 10.5. The quantitative estimate of drug-likeness (QED) is 0.0433. The molecule has 13 N–H and O–H groups in total. The van der Waals surface area contributed by atoms with Gasteiger partial charge in [0.05, 0.1) is 13.0 Å². The molecule has 0 radical (unpaired) electrons. The number of carbonyl (C=O) groups excluding carboxylic acids is 4. The Morgan fingerprint density at radius 3 is 1.74 bits per heavy atom. The Morgan fingerprint density at radius 2 is 1.21 bits per heavy atom. The first-order chi connectivity index (χ1) is 22.3. The normalized spacial score (nSPS) is 13.1. The monoisotopic (exact) mass is 656 g/mol. The van der Waals surface area contributed by atoms with E-state index in [-0.39, 0.29) is 43.9 Å². The molecule has 0 saturated heterocycles. The van der Waals surface area contributed by atoms with Gasteiger partial charge in [-0.25, -0.2) is 4.79 Å². The Labute approximate surface area is 270 Å². The van der Waals surface area contributed by atoms with Gasteiger partial charge < -0.3 is 53.8 Å². The number of amides is 4. The number of carboxylic acid groups (broad SMARTS) is 2. The van der Waals surface area contributed by atoms with E-state index in [1.807, 2.05) is 0 Å². The van der Waals surface area contributed by atoms with Crippen LogP contribution in [0.5, 0.6) is 5.75 Å². The van der Waals surface area contributed by atoms with E-state index in [1.165, 1.54) is 24.3 Å². The lowest BCUT2D eigenvalue weighted by Crippen LogP contribution is -2.58. The molecular weight excluding hydrogens is 616 g/mol. The van der Waals surface area contributed by atoms with Crippen molar-refractivity contribution in [2.24, 2.45) is 22.2 Å². The molecule has 0 aromatic heterocycles. The third kappa shape index (κ3) is 13.9. The maximum Gasteiger partial charge on any atom is 0.326 e. The highest BCUT2D eigenvalue weighted by Crippen LogP contribution is 2.13. The van der Waals surface area contributed by atoms with E-state index in [1.54, 1.807) is 30.3 Å². The number of hydrogen-bond acceptors (Lipinski definition) is 9. The molecule has 0 spiro atoms. The third-order valence-electron chi connectivity index (χ3n) is 6.70. The highest BCUT2D eigenvalue weighted by Gasteiger charge is 2.32. The lowest BCUT2D eigenvalue weighted by Gasteiger charge is -2.26. The molecule has 0 heterocycles. The number of carbonyl (C=O) groups is 6. The number of guanidine groups is 1. The lowest BCUT2D eigenvalue weighted by molar-refractivity contribution is -0.147. The second kappa shape index (κ2) is 18.9. The first-order valence-corrected chi connectivity index (χ1v) is 14.5. The molecule has 0 bridgehead atoms. The number of carboxylic acids is 2. The minimum absolute atomic E-state index is 0.0435. The van der Waals surface area contributed by atoms with E-state index >= 15 is 0 Å². The Kier molecular flexibility index (Phi) is 15.1. The molecule has 17 heteroatoms. The van der Waals surface area contributed by atoms with Crippen molar-refractivity contribution in [3.8, 4) is 5.75 Å². The summed E-state index contributed by atoms with van der Waals surface area (Å²) in [7, 11) is 0. The first kappa shape index (κ1) is 37.5. The standard InChI is InChI=1S/C30H40N8O9/c31-16-24(40)35-21(13-17-5-2-1-3-6-17)27(44)37-22(14-18-8-10-19(39)11-9-18)28(45)36-20(7-4-12-34-30(32)33)26(43)38-23(29(46)47)15-25(41)42/h1-3,5-6,8-11,20-23,39H,4,7,12-16,31H2,(H,35,40)(H,36,45)(H,37,44)(H,38,43)(H,41,42)(H,46,47)(H4,32,33,34). The molecule has 17 nitrogen and oxygen atoms in total. The number of aliphatic imine (C=N–C) groups is 1. The van der Waals surface area contributed by atoms with Gasteiger partial charge in [-0.2, -0.15) is 0 Å². The van der Waals surface area contributed by atoms with Gasteiger partial charge in [-0.3, -0.25) is 29.0 Å². The zero-order valence-corrected chi connectivity index (χ0v) is 25.4. The molecule has 2 rings (SSSR count). The molecule has 0 fully saturated rings. The number of aromatic hydroxyl groups is 1. The summed E-state index contributed by atoms with van der Waals surface area (Å²) in [6.45, 7) is -0.346. The highest BCUT2D eigenvalue weighted by atomic mass is 16.4. The maximum absolute atomic E-state index is 13.7. The number of nitrogens with zero attached hydrogens (tertiary/aromatic N) is 1. The largest absolute Gasteiger partial charge is 0.508 e. The maximum atomic E-state index is 13.7. The van der Waals surface area contributed by atoms with E-state index in [0.717, 1.165) is 0 Å². The molecule has 2 aromatic rings. The number of benzene rings is 2. The van der Waals surface area contributed by atoms with E-state index in [4.69, 9.17) is 22.3 Å². The van der Waals surface area contributed by atoms with Crippen molar-refractivity contribution < 1.29 is 44.1 Å². The predicted octanol–water partition coefficient (Wildman–Crippen LogP) is -2.31. The summed E-state index contributed by atoms with van der Waals surface area (Å²) >= 11 is 0. The summed E-state index contributed by atoms with van der Waals surface area (Å²) in [6.07, 6.45) is -0.947. The van der Waals surface area contributed by atoms with Crippen LogP contribution in [0.2, 0.25) is 0 Å². The van der Waals surface area contributed by atoms with Gasteiger partial charge in [0, 0.05) is 19.4 Å². The van der Waals surface area contributed by atoms with E-state index in [0.29, 0.717) is 11.1 Å². The van der Waals surface area contributed by atoms with Crippen molar-refractivity contribution in [2.75, 3.05) is 13.1 Å². The Morgan fingerprint density at radius 1 is 0.702 bits per heavy atom. The zero-order chi connectivity index (χ0) is 34.9. The summed E-state index contributed by atoms with van der Waals surface area (Å²) < 4.78 is 0. The first-order valence-electron chi connectivity index (χ1n) is 14.5. The fraction of sp³-hybridized carbons (Fsp3) is 0.367.